The third-order valence-electron chi connectivity index (χ3n) is 6.48. The quantitative estimate of drug-likeness (QED) is 0.221. The number of amides is 1. The number of aromatic hydroxyl groups is 2. The monoisotopic (exact) mass is 517 g/mol. The van der Waals surface area contributed by atoms with Gasteiger partial charge in [0.15, 0.2) is 5.88 Å². The second-order valence-corrected chi connectivity index (χ2v) is 9.63. The molecule has 1 saturated heterocycles. The first-order valence-electron chi connectivity index (χ1n) is 12.1. The number of fused-ring (bicyclic) bond motifs is 1. The predicted octanol–water partition coefficient (Wildman–Crippen LogP) is 4.59. The van der Waals surface area contributed by atoms with E-state index in [1.165, 1.54) is 6.07 Å². The fourth-order valence-corrected chi connectivity index (χ4v) is 4.65. The number of anilines is 1. The van der Waals surface area contributed by atoms with Crippen LogP contribution in [0.4, 0.5) is 11.4 Å². The van der Waals surface area contributed by atoms with Crippen LogP contribution in [0.15, 0.2) is 71.7 Å². The lowest BCUT2D eigenvalue weighted by molar-refractivity contribution is -0.117. The van der Waals surface area contributed by atoms with E-state index in [-0.39, 0.29) is 24.1 Å². The minimum atomic E-state index is -0.177. The molecular weight excluding hydrogens is 490 g/mol. The third kappa shape index (κ3) is 5.61. The molecule has 0 radical (unpaired) electrons. The Balaban J connectivity index is 1.44. The van der Waals surface area contributed by atoms with Crippen molar-refractivity contribution in [2.24, 2.45) is 4.99 Å². The number of aliphatic imine (C=N–C) groups is 1. The van der Waals surface area contributed by atoms with Crippen molar-refractivity contribution >= 4 is 45.5 Å². The van der Waals surface area contributed by atoms with Crippen molar-refractivity contribution in [1.29, 1.82) is 0 Å². The van der Waals surface area contributed by atoms with E-state index in [4.69, 9.17) is 16.6 Å². The van der Waals surface area contributed by atoms with E-state index in [1.807, 2.05) is 36.4 Å². The van der Waals surface area contributed by atoms with E-state index in [0.717, 1.165) is 37.1 Å². The molecular formula is C28H28ClN5O3. The van der Waals surface area contributed by atoms with Crippen LogP contribution in [0.2, 0.25) is 5.02 Å². The second-order valence-electron chi connectivity index (χ2n) is 9.19. The average Bonchev–Trinajstić information content (AvgIpc) is 3.20. The molecule has 190 valence electrons. The Hall–Kier alpha value is -3.85. The topological polar surface area (TPSA) is 104 Å². The maximum atomic E-state index is 12.6. The number of aromatic amines is 1. The third-order valence-corrected chi connectivity index (χ3v) is 6.72. The zero-order valence-corrected chi connectivity index (χ0v) is 21.2. The first-order chi connectivity index (χ1) is 17.9. The molecule has 1 aromatic heterocycles. The van der Waals surface area contributed by atoms with Crippen molar-refractivity contribution in [2.45, 2.75) is 0 Å². The van der Waals surface area contributed by atoms with Gasteiger partial charge in [-0.3, -0.25) is 9.69 Å². The normalized spacial score (nSPS) is 15.2. The zero-order valence-electron chi connectivity index (χ0n) is 20.4. The molecule has 1 aliphatic heterocycles. The lowest BCUT2D eigenvalue weighted by Crippen LogP contribution is -2.47. The Labute approximate surface area is 219 Å². The van der Waals surface area contributed by atoms with Gasteiger partial charge in [0.1, 0.15) is 5.75 Å². The minimum Gasteiger partial charge on any atom is -0.506 e. The van der Waals surface area contributed by atoms with Crippen LogP contribution in [0, 0.1) is 0 Å². The highest BCUT2D eigenvalue weighted by Gasteiger charge is 2.20. The van der Waals surface area contributed by atoms with E-state index in [0.29, 0.717) is 33.2 Å². The molecule has 0 unspecified atom stereocenters. The highest BCUT2D eigenvalue weighted by molar-refractivity contribution is 6.31. The lowest BCUT2D eigenvalue weighted by atomic mass is 10.0. The summed E-state index contributed by atoms with van der Waals surface area (Å²) in [6.07, 6.45) is 0. The SMILES string of the molecule is CN1CCN(CC(=O)Nc2ccc(N=C(c3ccccc3)c3c(O)[nH]c4cc(Cl)ccc34)cc2O)CC1. The number of aromatic nitrogens is 1. The Morgan fingerprint density at radius 2 is 1.78 bits per heavy atom. The maximum Gasteiger partial charge on any atom is 0.238 e. The Morgan fingerprint density at radius 1 is 1.03 bits per heavy atom. The molecule has 4 N–H and O–H groups in total. The average molecular weight is 518 g/mol. The van der Waals surface area contributed by atoms with Crippen LogP contribution in [0.5, 0.6) is 11.6 Å². The van der Waals surface area contributed by atoms with Crippen molar-refractivity contribution in [3.05, 3.63) is 82.9 Å². The number of H-pyrrole nitrogens is 1. The molecule has 9 heteroatoms. The van der Waals surface area contributed by atoms with Crippen molar-refractivity contribution in [1.82, 2.24) is 14.8 Å². The van der Waals surface area contributed by atoms with Crippen LogP contribution >= 0.6 is 11.6 Å². The summed E-state index contributed by atoms with van der Waals surface area (Å²) in [5, 5.41) is 25.6. The van der Waals surface area contributed by atoms with Crippen molar-refractivity contribution in [3.63, 3.8) is 0 Å². The minimum absolute atomic E-state index is 0.0307. The molecule has 0 saturated carbocycles. The van der Waals surface area contributed by atoms with Gasteiger partial charge in [0.25, 0.3) is 0 Å². The van der Waals surface area contributed by atoms with Gasteiger partial charge < -0.3 is 25.4 Å². The van der Waals surface area contributed by atoms with E-state index < -0.39 is 0 Å². The number of carbonyl (C=O) groups excluding carboxylic acids is 1. The molecule has 4 aromatic rings. The largest absolute Gasteiger partial charge is 0.506 e. The molecule has 1 amide bonds. The molecule has 1 fully saturated rings. The fraction of sp³-hybridized carbons (Fsp3) is 0.214. The number of benzene rings is 3. The van der Waals surface area contributed by atoms with Gasteiger partial charge >= 0.3 is 0 Å². The van der Waals surface area contributed by atoms with E-state index in [2.05, 4.69) is 27.1 Å². The summed E-state index contributed by atoms with van der Waals surface area (Å²) in [5.74, 6) is -0.296. The van der Waals surface area contributed by atoms with Gasteiger partial charge in [-0.1, -0.05) is 48.0 Å². The van der Waals surface area contributed by atoms with Gasteiger partial charge in [0.2, 0.25) is 5.91 Å². The number of hydrogen-bond donors (Lipinski definition) is 4. The number of piperazine rings is 1. The molecule has 3 aromatic carbocycles. The smallest absolute Gasteiger partial charge is 0.238 e. The number of rotatable bonds is 6. The summed E-state index contributed by atoms with van der Waals surface area (Å²) in [6, 6.07) is 19.7. The Bertz CT molecular complexity index is 1460. The number of likely N-dealkylation sites (N-methyl/N-ethyl adjacent to an activating group) is 1. The fourth-order valence-electron chi connectivity index (χ4n) is 4.48. The highest BCUT2D eigenvalue weighted by Crippen LogP contribution is 2.34. The number of phenolic OH excluding ortho intramolecular Hbond substituents is 1. The number of phenols is 1. The van der Waals surface area contributed by atoms with Crippen LogP contribution in [-0.4, -0.2) is 76.4 Å². The summed E-state index contributed by atoms with van der Waals surface area (Å²) in [6.45, 7) is 3.79. The lowest BCUT2D eigenvalue weighted by Gasteiger charge is -2.31. The Morgan fingerprint density at radius 3 is 2.51 bits per heavy atom. The molecule has 37 heavy (non-hydrogen) atoms. The number of nitrogens with zero attached hydrogens (tertiary/aromatic N) is 3. The molecule has 5 rings (SSSR count). The molecule has 8 nitrogen and oxygen atoms in total. The van der Waals surface area contributed by atoms with Crippen LogP contribution in [0.1, 0.15) is 11.1 Å². The molecule has 2 heterocycles. The molecule has 0 bridgehead atoms. The van der Waals surface area contributed by atoms with E-state index >= 15 is 0 Å². The summed E-state index contributed by atoms with van der Waals surface area (Å²) < 4.78 is 0. The highest BCUT2D eigenvalue weighted by atomic mass is 35.5. The number of halogens is 1. The van der Waals surface area contributed by atoms with Crippen LogP contribution in [0.3, 0.4) is 0 Å². The van der Waals surface area contributed by atoms with Crippen LogP contribution in [0.25, 0.3) is 10.9 Å². The second kappa shape index (κ2) is 10.6. The summed E-state index contributed by atoms with van der Waals surface area (Å²) in [5.41, 5.74) is 3.32. The summed E-state index contributed by atoms with van der Waals surface area (Å²) >= 11 is 6.14. The summed E-state index contributed by atoms with van der Waals surface area (Å²) in [4.78, 5) is 24.7. The number of carbonyl (C=O) groups is 1. The van der Waals surface area contributed by atoms with E-state index in [9.17, 15) is 15.0 Å². The Kier molecular flexibility index (Phi) is 7.14. The van der Waals surface area contributed by atoms with Crippen LogP contribution < -0.4 is 5.32 Å². The van der Waals surface area contributed by atoms with Gasteiger partial charge in [0, 0.05) is 48.2 Å². The molecule has 0 atom stereocenters. The molecule has 1 aliphatic rings. The van der Waals surface area contributed by atoms with Gasteiger partial charge in [-0.05, 0) is 31.3 Å². The van der Waals surface area contributed by atoms with Crippen molar-refractivity contribution < 1.29 is 15.0 Å². The van der Waals surface area contributed by atoms with Gasteiger partial charge in [-0.2, -0.15) is 0 Å². The number of hydrogen-bond acceptors (Lipinski definition) is 6. The zero-order chi connectivity index (χ0) is 25.9. The van der Waals surface area contributed by atoms with E-state index in [1.54, 1.807) is 24.3 Å². The summed E-state index contributed by atoms with van der Waals surface area (Å²) in [7, 11) is 2.07. The first kappa shape index (κ1) is 24.8. The number of nitrogens with one attached hydrogen (secondary N) is 2. The maximum absolute atomic E-state index is 12.6. The first-order valence-corrected chi connectivity index (χ1v) is 12.4. The van der Waals surface area contributed by atoms with Crippen LogP contribution in [-0.2, 0) is 4.79 Å². The molecule has 0 aliphatic carbocycles. The van der Waals surface area contributed by atoms with Crippen molar-refractivity contribution in [2.75, 3.05) is 45.1 Å². The standard InChI is InChI=1S/C28H28ClN5O3/c1-33-11-13-34(14-12-33)17-25(36)31-22-10-8-20(16-24(22)35)30-27(18-5-3-2-4-6-18)26-21-9-7-19(29)15-23(21)32-28(26)37/h2-10,15-16,32,35,37H,11-14,17H2,1H3,(H,31,36). The van der Waals surface area contributed by atoms with Gasteiger partial charge in [0.05, 0.1) is 34.7 Å². The van der Waals surface area contributed by atoms with Gasteiger partial charge in [-0.25, -0.2) is 4.99 Å². The van der Waals surface area contributed by atoms with Crippen molar-refractivity contribution in [3.8, 4) is 11.6 Å². The molecule has 0 spiro atoms. The predicted molar refractivity (Wildman–Crippen MR) is 147 cm³/mol. The van der Waals surface area contributed by atoms with Gasteiger partial charge in [-0.15, -0.1) is 0 Å².